The van der Waals surface area contributed by atoms with Gasteiger partial charge in [-0.25, -0.2) is 0 Å². The molecule has 0 radical (unpaired) electrons. The predicted octanol–water partition coefficient (Wildman–Crippen LogP) is 1.91. The maximum atomic E-state index is 12.3. The van der Waals surface area contributed by atoms with Crippen molar-refractivity contribution in [1.82, 2.24) is 5.32 Å². The number of likely N-dealkylation sites (N-methyl/N-ethyl adjacent to an activating group) is 1. The van der Waals surface area contributed by atoms with Crippen LogP contribution in [0.2, 0.25) is 0 Å². The van der Waals surface area contributed by atoms with Crippen LogP contribution >= 0.6 is 0 Å². The van der Waals surface area contributed by atoms with Gasteiger partial charge in [-0.2, -0.15) is 8.78 Å². The fourth-order valence-electron chi connectivity index (χ4n) is 1.68. The highest BCUT2D eigenvalue weighted by atomic mass is 19.3. The summed E-state index contributed by atoms with van der Waals surface area (Å²) in [5, 5.41) is 3.16. The summed E-state index contributed by atoms with van der Waals surface area (Å²) >= 11 is 0. The van der Waals surface area contributed by atoms with E-state index in [0.717, 1.165) is 12.1 Å². The molecule has 18 heavy (non-hydrogen) atoms. The molecule has 0 amide bonds. The number of hydrogen-bond donors (Lipinski definition) is 2. The van der Waals surface area contributed by atoms with Gasteiger partial charge >= 0.3 is 6.61 Å². The van der Waals surface area contributed by atoms with Crippen molar-refractivity contribution in [1.29, 1.82) is 0 Å². The first kappa shape index (κ1) is 14.7. The van der Waals surface area contributed by atoms with Gasteiger partial charge in [-0.15, -0.1) is 0 Å². The second kappa shape index (κ2) is 7.13. The quantitative estimate of drug-likeness (QED) is 0.786. The van der Waals surface area contributed by atoms with Crippen molar-refractivity contribution in [3.8, 4) is 11.5 Å². The van der Waals surface area contributed by atoms with Gasteiger partial charge in [-0.1, -0.05) is 13.0 Å². The second-order valence-corrected chi connectivity index (χ2v) is 3.63. The predicted molar refractivity (Wildman–Crippen MR) is 65.1 cm³/mol. The Labute approximate surface area is 105 Å². The van der Waals surface area contributed by atoms with Crippen LogP contribution in [0.15, 0.2) is 18.2 Å². The molecule has 102 valence electrons. The van der Waals surface area contributed by atoms with Gasteiger partial charge in [0.2, 0.25) is 0 Å². The minimum Gasteiger partial charge on any atom is -0.493 e. The Hall–Kier alpha value is -1.40. The maximum absolute atomic E-state index is 12.3. The van der Waals surface area contributed by atoms with Crippen LogP contribution in [0.3, 0.4) is 0 Å². The molecule has 1 unspecified atom stereocenters. The third kappa shape index (κ3) is 3.82. The van der Waals surface area contributed by atoms with E-state index in [2.05, 4.69) is 10.1 Å². The lowest BCUT2D eigenvalue weighted by molar-refractivity contribution is -0.0512. The zero-order valence-electron chi connectivity index (χ0n) is 10.5. The van der Waals surface area contributed by atoms with Gasteiger partial charge in [0, 0.05) is 12.6 Å². The molecule has 0 aliphatic carbocycles. The minimum absolute atomic E-state index is 0.0151. The molecule has 0 heterocycles. The zero-order chi connectivity index (χ0) is 13.5. The van der Waals surface area contributed by atoms with Gasteiger partial charge < -0.3 is 20.5 Å². The number of methoxy groups -OCH3 is 1. The van der Waals surface area contributed by atoms with Crippen LogP contribution in [-0.2, 0) is 0 Å². The summed E-state index contributed by atoms with van der Waals surface area (Å²) in [6.45, 7) is 0.167. The summed E-state index contributed by atoms with van der Waals surface area (Å²) in [5.74, 6) is 0.285. The Bertz CT molecular complexity index is 375. The highest BCUT2D eigenvalue weighted by Gasteiger charge is 2.15. The highest BCUT2D eigenvalue weighted by molar-refractivity contribution is 5.44. The number of alkyl halides is 2. The smallest absolute Gasteiger partial charge is 0.387 e. The van der Waals surface area contributed by atoms with Crippen LogP contribution in [0.5, 0.6) is 11.5 Å². The summed E-state index contributed by atoms with van der Waals surface area (Å²) < 4.78 is 34.0. The third-order valence-corrected chi connectivity index (χ3v) is 2.49. The number of nitrogens with one attached hydrogen (secondary N) is 1. The first-order valence-electron chi connectivity index (χ1n) is 5.68. The van der Waals surface area contributed by atoms with Crippen molar-refractivity contribution in [3.63, 3.8) is 0 Å². The molecule has 1 aromatic carbocycles. The minimum atomic E-state index is -2.88. The van der Waals surface area contributed by atoms with E-state index in [1.54, 1.807) is 12.1 Å². The maximum Gasteiger partial charge on any atom is 0.387 e. The zero-order valence-corrected chi connectivity index (χ0v) is 10.5. The number of nitrogens with two attached hydrogens (primary N) is 1. The molecule has 0 bridgehead atoms. The van der Waals surface area contributed by atoms with Crippen molar-refractivity contribution < 1.29 is 18.3 Å². The van der Waals surface area contributed by atoms with Gasteiger partial charge in [0.1, 0.15) is 0 Å². The molecule has 1 rings (SSSR count). The summed E-state index contributed by atoms with van der Waals surface area (Å²) in [6.07, 6.45) is 0. The molecule has 0 saturated heterocycles. The van der Waals surface area contributed by atoms with E-state index in [1.807, 2.05) is 6.92 Å². The number of ether oxygens (including phenoxy) is 2. The van der Waals surface area contributed by atoms with Crippen LogP contribution in [0.1, 0.15) is 18.5 Å². The van der Waals surface area contributed by atoms with E-state index in [4.69, 9.17) is 10.5 Å². The summed E-state index contributed by atoms with van der Waals surface area (Å²) in [7, 11) is 1.40. The van der Waals surface area contributed by atoms with Crippen molar-refractivity contribution in [2.75, 3.05) is 20.2 Å². The number of benzene rings is 1. The summed E-state index contributed by atoms with van der Waals surface area (Å²) in [5.41, 5.74) is 6.42. The van der Waals surface area contributed by atoms with E-state index in [0.29, 0.717) is 6.54 Å². The Morgan fingerprint density at radius 1 is 1.33 bits per heavy atom. The van der Waals surface area contributed by atoms with E-state index in [1.165, 1.54) is 13.2 Å². The van der Waals surface area contributed by atoms with E-state index in [9.17, 15) is 8.78 Å². The highest BCUT2D eigenvalue weighted by Crippen LogP contribution is 2.31. The third-order valence-electron chi connectivity index (χ3n) is 2.49. The fraction of sp³-hybridized carbons (Fsp3) is 0.500. The van der Waals surface area contributed by atoms with E-state index < -0.39 is 6.61 Å². The topological polar surface area (TPSA) is 56.5 Å². The number of halogens is 2. The Kier molecular flexibility index (Phi) is 5.80. The molecule has 0 aromatic heterocycles. The molecule has 0 saturated carbocycles. The molecule has 1 atom stereocenters. The summed E-state index contributed by atoms with van der Waals surface area (Å²) in [6, 6.07) is 4.79. The molecule has 4 nitrogen and oxygen atoms in total. The second-order valence-electron chi connectivity index (χ2n) is 3.63. The van der Waals surface area contributed by atoms with Gasteiger partial charge in [-0.05, 0) is 24.2 Å². The van der Waals surface area contributed by atoms with Crippen molar-refractivity contribution in [3.05, 3.63) is 23.8 Å². The monoisotopic (exact) mass is 260 g/mol. The Balaban J connectivity index is 3.00. The van der Waals surface area contributed by atoms with Crippen LogP contribution in [-0.4, -0.2) is 26.8 Å². The van der Waals surface area contributed by atoms with Crippen LogP contribution in [0, 0.1) is 0 Å². The Morgan fingerprint density at radius 2 is 2.06 bits per heavy atom. The van der Waals surface area contributed by atoms with Crippen LogP contribution < -0.4 is 20.5 Å². The SMILES string of the molecule is CCNC(CN)c1ccc(OC)c(OC(F)F)c1. The first-order valence-corrected chi connectivity index (χ1v) is 5.68. The molecular formula is C12H18F2N2O2. The molecule has 0 fully saturated rings. The van der Waals surface area contributed by atoms with E-state index >= 15 is 0 Å². The van der Waals surface area contributed by atoms with E-state index in [-0.39, 0.29) is 17.5 Å². The van der Waals surface area contributed by atoms with Gasteiger partial charge in [0.25, 0.3) is 0 Å². The average Bonchev–Trinajstić information content (AvgIpc) is 2.35. The van der Waals surface area contributed by atoms with Crippen molar-refractivity contribution in [2.24, 2.45) is 5.73 Å². The summed E-state index contributed by atoms with van der Waals surface area (Å²) in [4.78, 5) is 0. The van der Waals surface area contributed by atoms with Crippen LogP contribution in [0.25, 0.3) is 0 Å². The van der Waals surface area contributed by atoms with Crippen molar-refractivity contribution >= 4 is 0 Å². The average molecular weight is 260 g/mol. The molecule has 1 aromatic rings. The Morgan fingerprint density at radius 3 is 2.56 bits per heavy atom. The molecule has 0 spiro atoms. The lowest BCUT2D eigenvalue weighted by atomic mass is 10.1. The first-order chi connectivity index (χ1) is 8.62. The standard InChI is InChI=1S/C12H18F2N2O2/c1-3-16-9(7-15)8-4-5-10(17-2)11(6-8)18-12(13)14/h4-6,9,12,16H,3,7,15H2,1-2H3. The van der Waals surface area contributed by atoms with Gasteiger partial charge in [0.15, 0.2) is 11.5 Å². The number of hydrogen-bond acceptors (Lipinski definition) is 4. The largest absolute Gasteiger partial charge is 0.493 e. The fourth-order valence-corrected chi connectivity index (χ4v) is 1.68. The molecule has 0 aliphatic heterocycles. The van der Waals surface area contributed by atoms with Crippen molar-refractivity contribution in [2.45, 2.75) is 19.6 Å². The number of rotatable bonds is 7. The normalized spacial score (nSPS) is 12.6. The lowest BCUT2D eigenvalue weighted by Crippen LogP contribution is -2.27. The van der Waals surface area contributed by atoms with Crippen LogP contribution in [0.4, 0.5) is 8.78 Å². The molecule has 3 N–H and O–H groups in total. The molecular weight excluding hydrogens is 242 g/mol. The lowest BCUT2D eigenvalue weighted by Gasteiger charge is -2.18. The molecule has 6 heteroatoms. The van der Waals surface area contributed by atoms with Gasteiger partial charge in [0.05, 0.1) is 7.11 Å². The van der Waals surface area contributed by atoms with Gasteiger partial charge in [-0.3, -0.25) is 0 Å². The molecule has 0 aliphatic rings.